The van der Waals surface area contributed by atoms with Crippen LogP contribution < -0.4 is 4.90 Å². The Bertz CT molecular complexity index is 628. The molecule has 0 N–H and O–H groups in total. The first kappa shape index (κ1) is 17.8. The molecule has 5 nitrogen and oxygen atoms in total. The number of carbonyl (C=O) groups excluding carboxylic acids is 2. The predicted molar refractivity (Wildman–Crippen MR) is 90.7 cm³/mol. The number of hydrogen-bond donors (Lipinski definition) is 0. The third-order valence-corrected chi connectivity index (χ3v) is 4.90. The zero-order valence-electron chi connectivity index (χ0n) is 14.3. The number of halogens is 2. The van der Waals surface area contributed by atoms with Gasteiger partial charge in [-0.15, -0.1) is 0 Å². The van der Waals surface area contributed by atoms with Crippen LogP contribution in [0.2, 0.25) is 0 Å². The molecule has 2 heterocycles. The van der Waals surface area contributed by atoms with Crippen LogP contribution in [0.4, 0.5) is 14.5 Å². The van der Waals surface area contributed by atoms with Gasteiger partial charge in [0.2, 0.25) is 11.8 Å². The summed E-state index contributed by atoms with van der Waals surface area (Å²) in [5.41, 5.74) is 1.93. The summed E-state index contributed by atoms with van der Waals surface area (Å²) in [5.74, 6) is -0.436. The van der Waals surface area contributed by atoms with Crippen LogP contribution in [-0.4, -0.2) is 67.3 Å². The van der Waals surface area contributed by atoms with Crippen molar-refractivity contribution in [1.82, 2.24) is 9.80 Å². The number of anilines is 1. The van der Waals surface area contributed by atoms with E-state index in [9.17, 15) is 18.4 Å². The standard InChI is InChI=1S/C18H23F2N3O2/c1-13-2-4-15(5-3-13)23-11-14(10-17(23)24)18(25)22-8-6-21(7-9-22)12-16(19)20/h2-5,14,16H,6-12H2,1H3/t14-/m1/s1. The second-order valence-corrected chi connectivity index (χ2v) is 6.76. The Labute approximate surface area is 146 Å². The van der Waals surface area contributed by atoms with Crippen LogP contribution in [-0.2, 0) is 9.59 Å². The highest BCUT2D eigenvalue weighted by atomic mass is 19.3. The van der Waals surface area contributed by atoms with Crippen molar-refractivity contribution in [2.75, 3.05) is 44.2 Å². The normalized spacial score (nSPS) is 22.1. The van der Waals surface area contributed by atoms with Gasteiger partial charge in [0.1, 0.15) is 0 Å². The Balaban J connectivity index is 1.57. The van der Waals surface area contributed by atoms with Crippen molar-refractivity contribution in [3.63, 3.8) is 0 Å². The topological polar surface area (TPSA) is 43.9 Å². The van der Waals surface area contributed by atoms with E-state index >= 15 is 0 Å². The number of alkyl halides is 2. The first-order valence-corrected chi connectivity index (χ1v) is 8.60. The fourth-order valence-electron chi connectivity index (χ4n) is 3.45. The molecule has 1 atom stereocenters. The van der Waals surface area contributed by atoms with Crippen molar-refractivity contribution < 1.29 is 18.4 Å². The lowest BCUT2D eigenvalue weighted by atomic mass is 10.1. The highest BCUT2D eigenvalue weighted by Crippen LogP contribution is 2.27. The Morgan fingerprint density at radius 3 is 2.40 bits per heavy atom. The molecule has 0 unspecified atom stereocenters. The number of nitrogens with zero attached hydrogens (tertiary/aromatic N) is 3. The number of benzene rings is 1. The van der Waals surface area contributed by atoms with E-state index in [0.717, 1.165) is 11.3 Å². The van der Waals surface area contributed by atoms with Gasteiger partial charge in [-0.1, -0.05) is 17.7 Å². The smallest absolute Gasteiger partial charge is 0.251 e. The molecule has 2 amide bonds. The lowest BCUT2D eigenvalue weighted by Crippen LogP contribution is -2.51. The maximum Gasteiger partial charge on any atom is 0.251 e. The number of carbonyl (C=O) groups is 2. The molecule has 0 spiro atoms. The summed E-state index contributed by atoms with van der Waals surface area (Å²) < 4.78 is 24.9. The van der Waals surface area contributed by atoms with E-state index in [1.807, 2.05) is 31.2 Å². The van der Waals surface area contributed by atoms with Crippen molar-refractivity contribution in [2.45, 2.75) is 19.8 Å². The average Bonchev–Trinajstić information content (AvgIpc) is 2.97. The van der Waals surface area contributed by atoms with Gasteiger partial charge in [-0.3, -0.25) is 14.5 Å². The minimum Gasteiger partial charge on any atom is -0.340 e. The van der Waals surface area contributed by atoms with Crippen LogP contribution in [0.3, 0.4) is 0 Å². The molecule has 0 aromatic heterocycles. The maximum absolute atomic E-state index is 12.7. The monoisotopic (exact) mass is 351 g/mol. The summed E-state index contributed by atoms with van der Waals surface area (Å²) in [4.78, 5) is 30.0. The highest BCUT2D eigenvalue weighted by Gasteiger charge is 2.38. The third-order valence-electron chi connectivity index (χ3n) is 4.90. The lowest BCUT2D eigenvalue weighted by molar-refractivity contribution is -0.137. The Morgan fingerprint density at radius 2 is 1.80 bits per heavy atom. The third kappa shape index (κ3) is 4.15. The molecular formula is C18H23F2N3O2. The van der Waals surface area contributed by atoms with Crippen molar-refractivity contribution in [3.05, 3.63) is 29.8 Å². The average molecular weight is 351 g/mol. The van der Waals surface area contributed by atoms with Gasteiger partial charge < -0.3 is 9.80 Å². The van der Waals surface area contributed by atoms with Crippen LogP contribution in [0, 0.1) is 12.8 Å². The van der Waals surface area contributed by atoms with Gasteiger partial charge >= 0.3 is 0 Å². The van der Waals surface area contributed by atoms with E-state index in [4.69, 9.17) is 0 Å². The SMILES string of the molecule is Cc1ccc(N2C[C@H](C(=O)N3CCN(CC(F)F)CC3)CC2=O)cc1. The fraction of sp³-hybridized carbons (Fsp3) is 0.556. The molecule has 2 aliphatic heterocycles. The maximum atomic E-state index is 12.7. The minimum absolute atomic E-state index is 0.0420. The second kappa shape index (κ2) is 7.47. The van der Waals surface area contributed by atoms with Gasteiger partial charge in [-0.2, -0.15) is 0 Å². The van der Waals surface area contributed by atoms with E-state index in [1.165, 1.54) is 0 Å². The Hall–Kier alpha value is -2.02. The molecule has 0 radical (unpaired) electrons. The summed E-state index contributed by atoms with van der Waals surface area (Å²) in [7, 11) is 0. The van der Waals surface area contributed by atoms with Gasteiger partial charge in [0.15, 0.2) is 0 Å². The Morgan fingerprint density at radius 1 is 1.16 bits per heavy atom. The quantitative estimate of drug-likeness (QED) is 0.830. The zero-order chi connectivity index (χ0) is 18.0. The van der Waals surface area contributed by atoms with E-state index in [2.05, 4.69) is 0 Å². The first-order chi connectivity index (χ1) is 11.9. The second-order valence-electron chi connectivity index (χ2n) is 6.76. The summed E-state index contributed by atoms with van der Waals surface area (Å²) in [6.45, 7) is 3.93. The largest absolute Gasteiger partial charge is 0.340 e. The lowest BCUT2D eigenvalue weighted by Gasteiger charge is -2.35. The fourth-order valence-corrected chi connectivity index (χ4v) is 3.45. The van der Waals surface area contributed by atoms with E-state index in [-0.39, 0.29) is 30.7 Å². The summed E-state index contributed by atoms with van der Waals surface area (Å²) in [6, 6.07) is 7.67. The van der Waals surface area contributed by atoms with Gasteiger partial charge in [-0.05, 0) is 19.1 Å². The van der Waals surface area contributed by atoms with Crippen LogP contribution in [0.15, 0.2) is 24.3 Å². The Kier molecular flexibility index (Phi) is 5.32. The summed E-state index contributed by atoms with van der Waals surface area (Å²) in [5, 5.41) is 0. The summed E-state index contributed by atoms with van der Waals surface area (Å²) in [6.07, 6.45) is -2.14. The van der Waals surface area contributed by atoms with Gasteiger partial charge in [0.25, 0.3) is 6.43 Å². The van der Waals surface area contributed by atoms with E-state index < -0.39 is 6.43 Å². The number of piperazine rings is 1. The van der Waals surface area contributed by atoms with Crippen molar-refractivity contribution in [2.24, 2.45) is 5.92 Å². The van der Waals surface area contributed by atoms with Gasteiger partial charge in [-0.25, -0.2) is 8.78 Å². The zero-order valence-corrected chi connectivity index (χ0v) is 14.3. The van der Waals surface area contributed by atoms with Crippen LogP contribution in [0.25, 0.3) is 0 Å². The first-order valence-electron chi connectivity index (χ1n) is 8.60. The molecule has 1 aromatic rings. The molecule has 2 fully saturated rings. The van der Waals surface area contributed by atoms with Crippen molar-refractivity contribution >= 4 is 17.5 Å². The van der Waals surface area contributed by atoms with Gasteiger partial charge in [0, 0.05) is 44.8 Å². The number of amides is 2. The molecule has 2 saturated heterocycles. The van der Waals surface area contributed by atoms with Crippen molar-refractivity contribution in [1.29, 1.82) is 0 Å². The molecule has 2 aliphatic rings. The molecule has 0 aliphatic carbocycles. The molecular weight excluding hydrogens is 328 g/mol. The number of hydrogen-bond acceptors (Lipinski definition) is 3. The molecule has 0 bridgehead atoms. The van der Waals surface area contributed by atoms with E-state index in [1.54, 1.807) is 14.7 Å². The molecule has 1 aromatic carbocycles. The predicted octanol–water partition coefficient (Wildman–Crippen LogP) is 1.76. The molecule has 3 rings (SSSR count). The molecule has 136 valence electrons. The summed E-state index contributed by atoms with van der Waals surface area (Å²) >= 11 is 0. The molecule has 7 heteroatoms. The minimum atomic E-state index is -2.35. The van der Waals surface area contributed by atoms with Crippen LogP contribution in [0.5, 0.6) is 0 Å². The van der Waals surface area contributed by atoms with Crippen LogP contribution in [0.1, 0.15) is 12.0 Å². The van der Waals surface area contributed by atoms with E-state index in [0.29, 0.717) is 32.7 Å². The molecule has 0 saturated carbocycles. The van der Waals surface area contributed by atoms with Crippen molar-refractivity contribution in [3.8, 4) is 0 Å². The number of rotatable bonds is 4. The number of aryl methyl sites for hydroxylation is 1. The highest BCUT2D eigenvalue weighted by molar-refractivity contribution is 6.00. The van der Waals surface area contributed by atoms with Gasteiger partial charge in [0.05, 0.1) is 12.5 Å². The molecule has 25 heavy (non-hydrogen) atoms. The van der Waals surface area contributed by atoms with Crippen LogP contribution >= 0.6 is 0 Å².